The van der Waals surface area contributed by atoms with Crippen LogP contribution in [0.5, 0.6) is 5.75 Å². The van der Waals surface area contributed by atoms with E-state index in [1.54, 1.807) is 19.4 Å². The second-order valence-corrected chi connectivity index (χ2v) is 4.53. The Morgan fingerprint density at radius 3 is 2.80 bits per heavy atom. The van der Waals surface area contributed by atoms with Crippen molar-refractivity contribution in [3.05, 3.63) is 59.7 Å². The summed E-state index contributed by atoms with van der Waals surface area (Å²) in [5, 5.41) is 3.39. The lowest BCUT2D eigenvalue weighted by atomic mass is 10.0. The first-order chi connectivity index (χ1) is 9.76. The van der Waals surface area contributed by atoms with Crippen LogP contribution in [0.3, 0.4) is 0 Å². The van der Waals surface area contributed by atoms with Gasteiger partial charge in [0, 0.05) is 11.8 Å². The predicted octanol–water partition coefficient (Wildman–Crippen LogP) is 3.32. The van der Waals surface area contributed by atoms with Crippen LogP contribution >= 0.6 is 0 Å². The van der Waals surface area contributed by atoms with Crippen molar-refractivity contribution < 1.29 is 9.13 Å². The van der Waals surface area contributed by atoms with Gasteiger partial charge in [0.25, 0.3) is 0 Å². The Hall–Kier alpha value is -1.94. The van der Waals surface area contributed by atoms with Crippen molar-refractivity contribution >= 4 is 0 Å². The fraction of sp³-hybridized carbons (Fsp3) is 0.312. The highest BCUT2D eigenvalue weighted by molar-refractivity contribution is 5.40. The summed E-state index contributed by atoms with van der Waals surface area (Å²) in [5.41, 5.74) is 1.62. The molecule has 0 saturated heterocycles. The Kier molecular flexibility index (Phi) is 5.07. The fourth-order valence-electron chi connectivity index (χ4n) is 2.14. The molecule has 1 aromatic carbocycles. The molecule has 0 saturated carbocycles. The summed E-state index contributed by atoms with van der Waals surface area (Å²) in [6.07, 6.45) is 2.72. The minimum Gasteiger partial charge on any atom is -0.496 e. The smallest absolute Gasteiger partial charge is 0.124 e. The van der Waals surface area contributed by atoms with Gasteiger partial charge in [0.15, 0.2) is 0 Å². The van der Waals surface area contributed by atoms with Crippen molar-refractivity contribution in [3.63, 3.8) is 0 Å². The van der Waals surface area contributed by atoms with Crippen molar-refractivity contribution in [1.82, 2.24) is 10.3 Å². The highest BCUT2D eigenvalue weighted by Gasteiger charge is 2.19. The first-order valence-electron chi connectivity index (χ1n) is 6.74. The molecular weight excluding hydrogens is 255 g/mol. The Morgan fingerprint density at radius 1 is 1.30 bits per heavy atom. The van der Waals surface area contributed by atoms with Crippen LogP contribution in [0.25, 0.3) is 0 Å². The second-order valence-electron chi connectivity index (χ2n) is 4.53. The third kappa shape index (κ3) is 3.33. The van der Waals surface area contributed by atoms with Crippen LogP contribution < -0.4 is 10.1 Å². The van der Waals surface area contributed by atoms with Crippen LogP contribution in [0.4, 0.5) is 4.39 Å². The van der Waals surface area contributed by atoms with Crippen molar-refractivity contribution in [1.29, 1.82) is 0 Å². The van der Waals surface area contributed by atoms with Gasteiger partial charge in [-0.2, -0.15) is 0 Å². The van der Waals surface area contributed by atoms with Gasteiger partial charge < -0.3 is 10.1 Å². The monoisotopic (exact) mass is 274 g/mol. The SMILES string of the molecule is CCCNC(c1ccccn1)c1cc(F)ccc1OC. The van der Waals surface area contributed by atoms with E-state index < -0.39 is 0 Å². The third-order valence-electron chi connectivity index (χ3n) is 3.08. The largest absolute Gasteiger partial charge is 0.496 e. The van der Waals surface area contributed by atoms with Gasteiger partial charge in [-0.3, -0.25) is 4.98 Å². The molecule has 0 amide bonds. The average Bonchev–Trinajstić information content (AvgIpc) is 2.49. The Labute approximate surface area is 118 Å². The number of hydrogen-bond acceptors (Lipinski definition) is 3. The molecule has 106 valence electrons. The number of nitrogens with one attached hydrogen (secondary N) is 1. The molecule has 1 aromatic heterocycles. The number of ether oxygens (including phenoxy) is 1. The van der Waals surface area contributed by atoms with E-state index in [0.717, 1.165) is 24.2 Å². The Morgan fingerprint density at radius 2 is 2.15 bits per heavy atom. The lowest BCUT2D eigenvalue weighted by Gasteiger charge is -2.21. The molecule has 1 heterocycles. The van der Waals surface area contributed by atoms with E-state index in [2.05, 4.69) is 17.2 Å². The summed E-state index contributed by atoms with van der Waals surface area (Å²) in [5.74, 6) is 0.380. The van der Waals surface area contributed by atoms with Gasteiger partial charge in [0.1, 0.15) is 11.6 Å². The average molecular weight is 274 g/mol. The molecule has 0 spiro atoms. The summed E-state index contributed by atoms with van der Waals surface area (Å²) >= 11 is 0. The molecule has 1 unspecified atom stereocenters. The molecule has 4 heteroatoms. The molecule has 20 heavy (non-hydrogen) atoms. The molecule has 0 bridgehead atoms. The number of methoxy groups -OCH3 is 1. The molecule has 0 aliphatic carbocycles. The van der Waals surface area contributed by atoms with E-state index >= 15 is 0 Å². The first kappa shape index (κ1) is 14.5. The first-order valence-corrected chi connectivity index (χ1v) is 6.74. The van der Waals surface area contributed by atoms with Gasteiger partial charge in [-0.1, -0.05) is 13.0 Å². The maximum Gasteiger partial charge on any atom is 0.124 e. The molecule has 1 atom stereocenters. The lowest BCUT2D eigenvalue weighted by molar-refractivity contribution is 0.401. The summed E-state index contributed by atoms with van der Waals surface area (Å²) in [4.78, 5) is 4.37. The molecule has 0 fully saturated rings. The number of benzene rings is 1. The fourth-order valence-corrected chi connectivity index (χ4v) is 2.14. The third-order valence-corrected chi connectivity index (χ3v) is 3.08. The maximum atomic E-state index is 13.6. The van der Waals surface area contributed by atoms with E-state index in [4.69, 9.17) is 4.74 Å². The molecule has 3 nitrogen and oxygen atoms in total. The van der Waals surface area contributed by atoms with Crippen molar-refractivity contribution in [3.8, 4) is 5.75 Å². The Bertz CT molecular complexity index is 545. The van der Waals surface area contributed by atoms with Gasteiger partial charge in [0.05, 0.1) is 18.8 Å². The minimum absolute atomic E-state index is 0.179. The van der Waals surface area contributed by atoms with E-state index in [1.807, 2.05) is 18.2 Å². The van der Waals surface area contributed by atoms with E-state index in [0.29, 0.717) is 5.75 Å². The van der Waals surface area contributed by atoms with Crippen LogP contribution in [0, 0.1) is 5.82 Å². The molecule has 0 aliphatic rings. The molecule has 2 rings (SSSR count). The Balaban J connectivity index is 2.43. The number of rotatable bonds is 6. The standard InChI is InChI=1S/C16H19FN2O/c1-3-9-19-16(14-6-4-5-10-18-14)13-11-12(17)7-8-15(13)20-2/h4-8,10-11,16,19H,3,9H2,1-2H3. The normalized spacial score (nSPS) is 12.2. The summed E-state index contributed by atoms with van der Waals surface area (Å²) in [6, 6.07) is 10.1. The molecule has 1 N–H and O–H groups in total. The minimum atomic E-state index is -0.278. The number of halogens is 1. The van der Waals surface area contributed by atoms with Crippen molar-refractivity contribution in [2.75, 3.05) is 13.7 Å². The van der Waals surface area contributed by atoms with Crippen molar-refractivity contribution in [2.45, 2.75) is 19.4 Å². The van der Waals surface area contributed by atoms with Gasteiger partial charge in [-0.25, -0.2) is 4.39 Å². The lowest BCUT2D eigenvalue weighted by Crippen LogP contribution is -2.24. The molecule has 2 aromatic rings. The molecule has 0 aliphatic heterocycles. The van der Waals surface area contributed by atoms with Gasteiger partial charge >= 0.3 is 0 Å². The summed E-state index contributed by atoms with van der Waals surface area (Å²) in [7, 11) is 1.59. The predicted molar refractivity (Wildman–Crippen MR) is 77.3 cm³/mol. The van der Waals surface area contributed by atoms with E-state index in [-0.39, 0.29) is 11.9 Å². The van der Waals surface area contributed by atoms with Crippen LogP contribution in [-0.4, -0.2) is 18.6 Å². The number of nitrogens with zero attached hydrogens (tertiary/aromatic N) is 1. The second kappa shape index (κ2) is 7.01. The van der Waals surface area contributed by atoms with E-state index in [1.165, 1.54) is 12.1 Å². The van der Waals surface area contributed by atoms with Crippen molar-refractivity contribution in [2.24, 2.45) is 0 Å². The summed E-state index contributed by atoms with van der Waals surface area (Å²) < 4.78 is 18.9. The topological polar surface area (TPSA) is 34.2 Å². The van der Waals surface area contributed by atoms with E-state index in [9.17, 15) is 4.39 Å². The summed E-state index contributed by atoms with van der Waals surface area (Å²) in [6.45, 7) is 2.91. The van der Waals surface area contributed by atoms with Crippen LogP contribution in [-0.2, 0) is 0 Å². The number of hydrogen-bond donors (Lipinski definition) is 1. The molecule has 0 radical (unpaired) electrons. The number of pyridine rings is 1. The molecular formula is C16H19FN2O. The highest BCUT2D eigenvalue weighted by atomic mass is 19.1. The zero-order valence-electron chi connectivity index (χ0n) is 11.8. The van der Waals surface area contributed by atoms with Gasteiger partial charge in [-0.15, -0.1) is 0 Å². The van der Waals surface area contributed by atoms with Gasteiger partial charge in [0.2, 0.25) is 0 Å². The van der Waals surface area contributed by atoms with Crippen LogP contribution in [0.2, 0.25) is 0 Å². The highest BCUT2D eigenvalue weighted by Crippen LogP contribution is 2.29. The zero-order valence-corrected chi connectivity index (χ0v) is 11.8. The van der Waals surface area contributed by atoms with Gasteiger partial charge in [-0.05, 0) is 43.3 Å². The maximum absolute atomic E-state index is 13.6. The van der Waals surface area contributed by atoms with Crippen LogP contribution in [0.15, 0.2) is 42.6 Å². The number of aromatic nitrogens is 1. The van der Waals surface area contributed by atoms with Crippen LogP contribution in [0.1, 0.15) is 30.6 Å². The quantitative estimate of drug-likeness (QED) is 0.877. The zero-order chi connectivity index (χ0) is 14.4.